The van der Waals surface area contributed by atoms with Crippen LogP contribution >= 0.6 is 0 Å². The summed E-state index contributed by atoms with van der Waals surface area (Å²) in [5.74, 6) is 0.768. The molecule has 0 bridgehead atoms. The van der Waals surface area contributed by atoms with Crippen LogP contribution in [0.3, 0.4) is 0 Å². The van der Waals surface area contributed by atoms with Crippen LogP contribution in [0.4, 0.5) is 11.4 Å². The van der Waals surface area contributed by atoms with Crippen LogP contribution in [0.1, 0.15) is 37.7 Å². The predicted octanol–water partition coefficient (Wildman–Crippen LogP) is 3.17. The number of rotatable bonds is 7. The summed E-state index contributed by atoms with van der Waals surface area (Å²) in [7, 11) is 0. The zero-order valence-corrected chi connectivity index (χ0v) is 11.8. The quantitative estimate of drug-likeness (QED) is 0.473. The Hall–Kier alpha value is -2.02. The second kappa shape index (κ2) is 7.12. The molecule has 0 saturated heterocycles. The van der Waals surface area contributed by atoms with Gasteiger partial charge in [-0.25, -0.2) is 0 Å². The second-order valence-electron chi connectivity index (χ2n) is 5.44. The minimum absolute atomic E-state index is 0.197. The van der Waals surface area contributed by atoms with Gasteiger partial charge in [-0.15, -0.1) is 0 Å². The number of hydrogen-bond donors (Lipinski definition) is 1. The molecule has 0 aliphatic heterocycles. The van der Waals surface area contributed by atoms with Crippen LogP contribution in [0.25, 0.3) is 0 Å². The van der Waals surface area contributed by atoms with Crippen LogP contribution in [-0.4, -0.2) is 16.4 Å². The maximum atomic E-state index is 11.0. The number of nitrogens with zero attached hydrogens (tertiary/aromatic N) is 2. The lowest BCUT2D eigenvalue weighted by atomic mass is 10.0. The topological polar surface area (TPSA) is 98.3 Å². The first kappa shape index (κ1) is 15.4. The molecule has 1 aromatic rings. The van der Waals surface area contributed by atoms with E-state index in [4.69, 9.17) is 0 Å². The van der Waals surface area contributed by atoms with E-state index < -0.39 is 9.85 Å². The van der Waals surface area contributed by atoms with E-state index in [1.165, 1.54) is 37.8 Å². The number of nitro benzene ring substituents is 2. The maximum Gasteiger partial charge on any atom is 0.280 e. The summed E-state index contributed by atoms with van der Waals surface area (Å²) in [5, 5.41) is 24.9. The molecular formula is C14H19N3O4. The van der Waals surface area contributed by atoms with Crippen LogP contribution in [0.2, 0.25) is 0 Å². The molecule has 0 radical (unpaired) electrons. The molecule has 114 valence electrons. The van der Waals surface area contributed by atoms with Crippen molar-refractivity contribution in [2.75, 3.05) is 6.54 Å². The molecule has 0 amide bonds. The Kier molecular flexibility index (Phi) is 5.21. The Morgan fingerprint density at radius 1 is 1.14 bits per heavy atom. The molecule has 1 fully saturated rings. The van der Waals surface area contributed by atoms with Gasteiger partial charge in [0.25, 0.3) is 11.4 Å². The number of non-ortho nitro benzene ring substituents is 1. The summed E-state index contributed by atoms with van der Waals surface area (Å²) >= 11 is 0. The molecule has 2 rings (SSSR count). The van der Waals surface area contributed by atoms with Crippen molar-refractivity contribution in [1.82, 2.24) is 5.32 Å². The Morgan fingerprint density at radius 3 is 2.48 bits per heavy atom. The van der Waals surface area contributed by atoms with Gasteiger partial charge in [-0.3, -0.25) is 20.2 Å². The molecule has 1 aliphatic rings. The molecule has 0 heterocycles. The van der Waals surface area contributed by atoms with Gasteiger partial charge >= 0.3 is 0 Å². The fourth-order valence-corrected chi connectivity index (χ4v) is 2.81. The fraction of sp³-hybridized carbons (Fsp3) is 0.571. The SMILES string of the molecule is O=[N+]([O-])c1ccc(CNCCC2CCCC2)c([N+](=O)[O-])c1. The lowest BCUT2D eigenvalue weighted by Crippen LogP contribution is -2.17. The number of hydrogen-bond acceptors (Lipinski definition) is 5. The highest BCUT2D eigenvalue weighted by Gasteiger charge is 2.19. The molecule has 7 nitrogen and oxygen atoms in total. The summed E-state index contributed by atoms with van der Waals surface area (Å²) in [6, 6.07) is 3.79. The largest absolute Gasteiger partial charge is 0.312 e. The van der Waals surface area contributed by atoms with Crippen molar-refractivity contribution in [2.45, 2.75) is 38.6 Å². The standard InChI is InChI=1S/C14H19N3O4/c18-16(19)13-6-5-12(14(9-13)17(20)21)10-15-8-7-11-3-1-2-4-11/h5-6,9,11,15H,1-4,7-8,10H2. The van der Waals surface area contributed by atoms with Crippen molar-refractivity contribution < 1.29 is 9.85 Å². The van der Waals surface area contributed by atoms with Gasteiger partial charge in [-0.1, -0.05) is 25.7 Å². The summed E-state index contributed by atoms with van der Waals surface area (Å²) in [6.07, 6.45) is 6.25. The van der Waals surface area contributed by atoms with Gasteiger partial charge in [-0.05, 0) is 24.9 Å². The van der Waals surface area contributed by atoms with Crippen molar-refractivity contribution in [2.24, 2.45) is 5.92 Å². The van der Waals surface area contributed by atoms with Crippen molar-refractivity contribution in [1.29, 1.82) is 0 Å². The molecule has 0 aromatic heterocycles. The summed E-state index contributed by atoms with van der Waals surface area (Å²) in [4.78, 5) is 20.5. The zero-order chi connectivity index (χ0) is 15.2. The average Bonchev–Trinajstić information content (AvgIpc) is 2.96. The van der Waals surface area contributed by atoms with Gasteiger partial charge in [0.2, 0.25) is 0 Å². The first-order valence-electron chi connectivity index (χ1n) is 7.20. The lowest BCUT2D eigenvalue weighted by molar-refractivity contribution is -0.394. The first-order valence-corrected chi connectivity index (χ1v) is 7.20. The Labute approximate surface area is 122 Å². The Balaban J connectivity index is 1.92. The first-order chi connectivity index (χ1) is 10.1. The number of benzene rings is 1. The normalized spacial score (nSPS) is 15.2. The molecular weight excluding hydrogens is 274 g/mol. The second-order valence-corrected chi connectivity index (χ2v) is 5.44. The van der Waals surface area contributed by atoms with Crippen LogP contribution in [0, 0.1) is 26.1 Å². The van der Waals surface area contributed by atoms with Crippen LogP contribution in [0.5, 0.6) is 0 Å². The van der Waals surface area contributed by atoms with E-state index >= 15 is 0 Å². The molecule has 0 atom stereocenters. The Bertz CT molecular complexity index is 527. The van der Waals surface area contributed by atoms with Crippen LogP contribution < -0.4 is 5.32 Å². The van der Waals surface area contributed by atoms with Crippen molar-refractivity contribution in [3.63, 3.8) is 0 Å². The highest BCUT2D eigenvalue weighted by Crippen LogP contribution is 2.27. The van der Waals surface area contributed by atoms with Crippen molar-refractivity contribution >= 4 is 11.4 Å². The molecule has 1 N–H and O–H groups in total. The number of nitro groups is 2. The highest BCUT2D eigenvalue weighted by molar-refractivity contribution is 5.49. The van der Waals surface area contributed by atoms with Gasteiger partial charge in [0.15, 0.2) is 0 Å². The van der Waals surface area contributed by atoms with Gasteiger partial charge in [-0.2, -0.15) is 0 Å². The molecule has 7 heteroatoms. The van der Waals surface area contributed by atoms with Crippen LogP contribution in [-0.2, 0) is 6.54 Å². The molecule has 1 saturated carbocycles. The van der Waals surface area contributed by atoms with E-state index in [-0.39, 0.29) is 11.4 Å². The monoisotopic (exact) mass is 293 g/mol. The zero-order valence-electron chi connectivity index (χ0n) is 11.8. The lowest BCUT2D eigenvalue weighted by Gasteiger charge is -2.10. The molecule has 0 unspecified atom stereocenters. The third-order valence-corrected chi connectivity index (χ3v) is 4.00. The van der Waals surface area contributed by atoms with E-state index in [9.17, 15) is 20.2 Å². The summed E-state index contributed by atoms with van der Waals surface area (Å²) in [5.41, 5.74) is 0.0333. The minimum atomic E-state index is -0.621. The van der Waals surface area contributed by atoms with E-state index in [0.717, 1.165) is 24.9 Å². The smallest absolute Gasteiger partial charge is 0.280 e. The molecule has 1 aromatic carbocycles. The third kappa shape index (κ3) is 4.22. The van der Waals surface area contributed by atoms with Crippen molar-refractivity contribution in [3.05, 3.63) is 44.0 Å². The van der Waals surface area contributed by atoms with Gasteiger partial charge in [0, 0.05) is 18.2 Å². The van der Waals surface area contributed by atoms with Gasteiger partial charge in [0.05, 0.1) is 15.9 Å². The summed E-state index contributed by atoms with van der Waals surface area (Å²) < 4.78 is 0. The number of nitrogens with one attached hydrogen (secondary N) is 1. The molecule has 1 aliphatic carbocycles. The summed E-state index contributed by atoms with van der Waals surface area (Å²) in [6.45, 7) is 1.18. The minimum Gasteiger partial charge on any atom is -0.312 e. The third-order valence-electron chi connectivity index (χ3n) is 4.00. The molecule has 21 heavy (non-hydrogen) atoms. The van der Waals surface area contributed by atoms with E-state index in [0.29, 0.717) is 12.1 Å². The predicted molar refractivity (Wildman–Crippen MR) is 78.0 cm³/mol. The maximum absolute atomic E-state index is 11.0. The van der Waals surface area contributed by atoms with Gasteiger partial charge in [0.1, 0.15) is 0 Å². The Morgan fingerprint density at radius 2 is 1.86 bits per heavy atom. The average molecular weight is 293 g/mol. The van der Waals surface area contributed by atoms with Gasteiger partial charge < -0.3 is 5.32 Å². The van der Waals surface area contributed by atoms with Crippen LogP contribution in [0.15, 0.2) is 18.2 Å². The van der Waals surface area contributed by atoms with E-state index in [1.807, 2.05) is 0 Å². The molecule has 0 spiro atoms. The van der Waals surface area contributed by atoms with E-state index in [1.54, 1.807) is 0 Å². The van der Waals surface area contributed by atoms with Crippen molar-refractivity contribution in [3.8, 4) is 0 Å². The highest BCUT2D eigenvalue weighted by atomic mass is 16.6. The van der Waals surface area contributed by atoms with E-state index in [2.05, 4.69) is 5.32 Å². The fourth-order valence-electron chi connectivity index (χ4n) is 2.81.